The van der Waals surface area contributed by atoms with Gasteiger partial charge in [-0.15, -0.1) is 0 Å². The van der Waals surface area contributed by atoms with Crippen molar-refractivity contribution in [1.29, 1.82) is 0 Å². The summed E-state index contributed by atoms with van der Waals surface area (Å²) in [6, 6.07) is 11.6. The van der Waals surface area contributed by atoms with E-state index >= 15 is 0 Å². The van der Waals surface area contributed by atoms with Gasteiger partial charge in [-0.25, -0.2) is 0 Å². The molecule has 2 heterocycles. The number of hydrogen-bond acceptors (Lipinski definition) is 3. The smallest absolute Gasteiger partial charge is 0.238 e. The van der Waals surface area contributed by atoms with E-state index in [1.807, 2.05) is 6.07 Å². The lowest BCUT2D eigenvalue weighted by Crippen LogP contribution is -2.62. The molecule has 3 N–H and O–H groups in total. The SMILES string of the molecule is C=C(CO)[C@H]1NC(=O)C[C@@H](c2cccc(Cl)c2)[C@]12C(=O)Nc1cc(Cl)ccc12. The molecule has 2 aromatic rings. The Hall–Kier alpha value is -2.34. The maximum atomic E-state index is 13.5. The summed E-state index contributed by atoms with van der Waals surface area (Å²) in [5.74, 6) is -0.976. The van der Waals surface area contributed by atoms with Crippen LogP contribution >= 0.6 is 23.2 Å². The van der Waals surface area contributed by atoms with Gasteiger partial charge < -0.3 is 15.7 Å². The Balaban J connectivity index is 2.01. The molecule has 7 heteroatoms. The van der Waals surface area contributed by atoms with Crippen molar-refractivity contribution in [3.8, 4) is 0 Å². The molecule has 1 fully saturated rings. The summed E-state index contributed by atoms with van der Waals surface area (Å²) in [6.45, 7) is 3.57. The minimum absolute atomic E-state index is 0.102. The number of aliphatic hydroxyl groups is 1. The van der Waals surface area contributed by atoms with E-state index in [0.717, 1.165) is 5.56 Å². The van der Waals surface area contributed by atoms with Gasteiger partial charge in [0.25, 0.3) is 0 Å². The van der Waals surface area contributed by atoms with E-state index in [1.165, 1.54) is 0 Å². The number of rotatable bonds is 3. The molecular weight excluding hydrogens is 399 g/mol. The Morgan fingerprint density at radius 1 is 1.18 bits per heavy atom. The number of carbonyl (C=O) groups excluding carboxylic acids is 2. The van der Waals surface area contributed by atoms with Gasteiger partial charge in [0.15, 0.2) is 0 Å². The Labute approximate surface area is 172 Å². The van der Waals surface area contributed by atoms with E-state index in [9.17, 15) is 14.7 Å². The second-order valence-corrected chi connectivity index (χ2v) is 8.01. The fourth-order valence-corrected chi connectivity index (χ4v) is 4.83. The first-order valence-electron chi connectivity index (χ1n) is 8.82. The summed E-state index contributed by atoms with van der Waals surface area (Å²) >= 11 is 12.3. The minimum atomic E-state index is -1.17. The number of aliphatic hydroxyl groups excluding tert-OH is 1. The first-order chi connectivity index (χ1) is 13.4. The van der Waals surface area contributed by atoms with Crippen LogP contribution in [-0.4, -0.2) is 29.6 Å². The van der Waals surface area contributed by atoms with Crippen LogP contribution in [0, 0.1) is 0 Å². The standard InChI is InChI=1S/C21H18Cl2N2O3/c1-11(10-26)19-21(15-6-5-14(23)8-17(15)24-20(21)28)16(9-18(27)25-19)12-3-2-4-13(22)7-12/h2-8,16,19,26H,1,9-10H2,(H,24,28)(H,25,27)/t16-,19+,21-/m0/s1. The first-order valence-corrected chi connectivity index (χ1v) is 9.58. The Bertz CT molecular complexity index is 1010. The lowest BCUT2D eigenvalue weighted by molar-refractivity contribution is -0.130. The molecule has 2 aromatic carbocycles. The fraction of sp³-hybridized carbons (Fsp3) is 0.238. The van der Waals surface area contributed by atoms with Gasteiger partial charge >= 0.3 is 0 Å². The summed E-state index contributed by atoms with van der Waals surface area (Å²) in [5, 5.41) is 16.6. The average Bonchev–Trinajstić information content (AvgIpc) is 2.94. The number of nitrogens with one attached hydrogen (secondary N) is 2. The van der Waals surface area contributed by atoms with Crippen molar-refractivity contribution < 1.29 is 14.7 Å². The number of halogens is 2. The van der Waals surface area contributed by atoms with Gasteiger partial charge in [-0.2, -0.15) is 0 Å². The highest BCUT2D eigenvalue weighted by atomic mass is 35.5. The average molecular weight is 417 g/mol. The first kappa shape index (κ1) is 19.0. The van der Waals surface area contributed by atoms with Gasteiger partial charge in [-0.3, -0.25) is 9.59 Å². The minimum Gasteiger partial charge on any atom is -0.392 e. The molecule has 0 saturated carbocycles. The summed E-state index contributed by atoms with van der Waals surface area (Å²) in [5.41, 5.74) is 1.27. The van der Waals surface area contributed by atoms with Crippen LogP contribution in [0.5, 0.6) is 0 Å². The van der Waals surface area contributed by atoms with E-state index in [4.69, 9.17) is 23.2 Å². The number of fused-ring (bicyclic) bond motifs is 2. The van der Waals surface area contributed by atoms with E-state index in [1.54, 1.807) is 36.4 Å². The van der Waals surface area contributed by atoms with Crippen LogP contribution < -0.4 is 10.6 Å². The molecule has 1 spiro atoms. The van der Waals surface area contributed by atoms with Crippen molar-refractivity contribution >= 4 is 40.7 Å². The maximum absolute atomic E-state index is 13.5. The molecule has 28 heavy (non-hydrogen) atoms. The maximum Gasteiger partial charge on any atom is 0.238 e. The van der Waals surface area contributed by atoms with Crippen LogP contribution in [0.15, 0.2) is 54.6 Å². The lowest BCUT2D eigenvalue weighted by atomic mass is 9.59. The normalized spacial score (nSPS) is 26.0. The molecule has 3 atom stereocenters. The topological polar surface area (TPSA) is 78.4 Å². The summed E-state index contributed by atoms with van der Waals surface area (Å²) in [7, 11) is 0. The number of hydrogen-bond donors (Lipinski definition) is 3. The molecule has 0 radical (unpaired) electrons. The zero-order valence-corrected chi connectivity index (χ0v) is 16.3. The van der Waals surface area contributed by atoms with Crippen molar-refractivity contribution in [3.63, 3.8) is 0 Å². The fourth-order valence-electron chi connectivity index (χ4n) is 4.46. The molecule has 0 bridgehead atoms. The molecule has 5 nitrogen and oxygen atoms in total. The molecule has 0 unspecified atom stereocenters. The third-order valence-electron chi connectivity index (χ3n) is 5.61. The molecule has 2 aliphatic heterocycles. The van der Waals surface area contributed by atoms with Gasteiger partial charge in [0.1, 0.15) is 5.41 Å². The Morgan fingerprint density at radius 3 is 2.64 bits per heavy atom. The number of carbonyl (C=O) groups is 2. The molecule has 4 rings (SSSR count). The van der Waals surface area contributed by atoms with Crippen molar-refractivity contribution in [3.05, 3.63) is 75.8 Å². The van der Waals surface area contributed by atoms with Gasteiger partial charge in [-0.05, 0) is 41.0 Å². The highest BCUT2D eigenvalue weighted by molar-refractivity contribution is 6.31. The second-order valence-electron chi connectivity index (χ2n) is 7.14. The van der Waals surface area contributed by atoms with Crippen LogP contribution in [0.3, 0.4) is 0 Å². The highest BCUT2D eigenvalue weighted by Gasteiger charge is 2.61. The molecule has 2 aliphatic rings. The van der Waals surface area contributed by atoms with Gasteiger partial charge in [0.2, 0.25) is 11.8 Å². The van der Waals surface area contributed by atoms with Gasteiger partial charge in [-0.1, -0.05) is 48.0 Å². The van der Waals surface area contributed by atoms with Crippen molar-refractivity contribution in [2.24, 2.45) is 0 Å². The quantitative estimate of drug-likeness (QED) is 0.670. The predicted octanol–water partition coefficient (Wildman–Crippen LogP) is 3.40. The van der Waals surface area contributed by atoms with Crippen LogP contribution in [0.2, 0.25) is 10.0 Å². The van der Waals surface area contributed by atoms with Crippen LogP contribution in [-0.2, 0) is 15.0 Å². The number of piperidine rings is 1. The van der Waals surface area contributed by atoms with Gasteiger partial charge in [0, 0.05) is 28.1 Å². The summed E-state index contributed by atoms with van der Waals surface area (Å²) in [6.07, 6.45) is 0.102. The van der Waals surface area contributed by atoms with E-state index in [0.29, 0.717) is 26.9 Å². The third-order valence-corrected chi connectivity index (χ3v) is 6.08. The molecule has 2 amide bonds. The predicted molar refractivity (Wildman–Crippen MR) is 109 cm³/mol. The summed E-state index contributed by atoms with van der Waals surface area (Å²) in [4.78, 5) is 26.0. The van der Waals surface area contributed by atoms with E-state index in [-0.39, 0.29) is 24.8 Å². The van der Waals surface area contributed by atoms with Crippen molar-refractivity contribution in [2.45, 2.75) is 23.8 Å². The highest BCUT2D eigenvalue weighted by Crippen LogP contribution is 2.54. The zero-order chi connectivity index (χ0) is 20.1. The third kappa shape index (κ3) is 2.73. The Kier molecular flexibility index (Phi) is 4.70. The largest absolute Gasteiger partial charge is 0.392 e. The molecule has 0 aromatic heterocycles. The van der Waals surface area contributed by atoms with E-state index in [2.05, 4.69) is 17.2 Å². The van der Waals surface area contributed by atoms with Crippen LogP contribution in [0.4, 0.5) is 5.69 Å². The number of benzene rings is 2. The monoisotopic (exact) mass is 416 g/mol. The summed E-state index contributed by atoms with van der Waals surface area (Å²) < 4.78 is 0. The second kappa shape index (κ2) is 6.92. The molecule has 0 aliphatic carbocycles. The van der Waals surface area contributed by atoms with E-state index < -0.39 is 17.4 Å². The number of anilines is 1. The lowest BCUT2D eigenvalue weighted by Gasteiger charge is -2.46. The number of amides is 2. The van der Waals surface area contributed by atoms with Crippen LogP contribution in [0.1, 0.15) is 23.5 Å². The van der Waals surface area contributed by atoms with Crippen LogP contribution in [0.25, 0.3) is 0 Å². The van der Waals surface area contributed by atoms with Gasteiger partial charge in [0.05, 0.1) is 12.6 Å². The zero-order valence-electron chi connectivity index (χ0n) is 14.8. The Morgan fingerprint density at radius 2 is 1.93 bits per heavy atom. The van der Waals surface area contributed by atoms with Crippen molar-refractivity contribution in [1.82, 2.24) is 5.32 Å². The molecule has 1 saturated heterocycles. The van der Waals surface area contributed by atoms with Crippen molar-refractivity contribution in [2.75, 3.05) is 11.9 Å². The molecule has 144 valence electrons. The molecular formula is C21H18Cl2N2O3.